The molecule has 1 N–H and O–H groups in total. The second-order valence-electron chi connectivity index (χ2n) is 5.64. The normalized spacial score (nSPS) is 18.2. The molecule has 1 aliphatic heterocycles. The first-order valence-electron chi connectivity index (χ1n) is 7.83. The molecule has 0 amide bonds. The van der Waals surface area contributed by atoms with Crippen LogP contribution in [0.4, 0.5) is 0 Å². The second kappa shape index (κ2) is 8.80. The molecule has 0 saturated carbocycles. The number of aliphatic carboxylic acids is 1. The zero-order valence-electron chi connectivity index (χ0n) is 12.5. The van der Waals surface area contributed by atoms with Crippen LogP contribution in [0.2, 0.25) is 0 Å². The van der Waals surface area contributed by atoms with Gasteiger partial charge in [0.2, 0.25) is 0 Å². The van der Waals surface area contributed by atoms with Gasteiger partial charge >= 0.3 is 5.97 Å². The molecule has 0 spiro atoms. The third-order valence-corrected chi connectivity index (χ3v) is 4.04. The Hall–Kier alpha value is -1.39. The predicted octanol–water partition coefficient (Wildman–Crippen LogP) is 2.57. The van der Waals surface area contributed by atoms with Crippen LogP contribution >= 0.6 is 0 Å². The van der Waals surface area contributed by atoms with Crippen molar-refractivity contribution in [2.45, 2.75) is 38.1 Å². The molecule has 1 atom stereocenters. The topological polar surface area (TPSA) is 49.8 Å². The van der Waals surface area contributed by atoms with Gasteiger partial charge < -0.3 is 9.84 Å². The summed E-state index contributed by atoms with van der Waals surface area (Å²) < 4.78 is 5.50. The van der Waals surface area contributed by atoms with Gasteiger partial charge in [-0.2, -0.15) is 0 Å². The molecule has 0 bridgehead atoms. The average molecular weight is 291 g/mol. The van der Waals surface area contributed by atoms with Crippen LogP contribution in [0.25, 0.3) is 0 Å². The lowest BCUT2D eigenvalue weighted by Crippen LogP contribution is -2.38. The highest BCUT2D eigenvalue weighted by Crippen LogP contribution is 2.15. The average Bonchev–Trinajstić information content (AvgIpc) is 3.01. The summed E-state index contributed by atoms with van der Waals surface area (Å²) in [6.07, 6.45) is 4.10. The summed E-state index contributed by atoms with van der Waals surface area (Å²) in [5.41, 5.74) is 1.35. The van der Waals surface area contributed by atoms with Crippen LogP contribution in [0.15, 0.2) is 30.3 Å². The third-order valence-electron chi connectivity index (χ3n) is 4.04. The van der Waals surface area contributed by atoms with E-state index in [-0.39, 0.29) is 6.42 Å². The smallest absolute Gasteiger partial charge is 0.303 e. The van der Waals surface area contributed by atoms with Gasteiger partial charge in [0.1, 0.15) is 0 Å². The maximum absolute atomic E-state index is 10.6. The van der Waals surface area contributed by atoms with Crippen molar-refractivity contribution in [2.75, 3.05) is 26.3 Å². The quantitative estimate of drug-likeness (QED) is 0.710. The largest absolute Gasteiger partial charge is 0.481 e. The fraction of sp³-hybridized carbons (Fsp3) is 0.588. The Morgan fingerprint density at radius 2 is 2.05 bits per heavy atom. The number of hydrogen-bond donors (Lipinski definition) is 1. The Morgan fingerprint density at radius 1 is 1.24 bits per heavy atom. The first-order valence-corrected chi connectivity index (χ1v) is 7.83. The molecule has 1 heterocycles. The van der Waals surface area contributed by atoms with E-state index in [9.17, 15) is 4.79 Å². The number of hydrogen-bond acceptors (Lipinski definition) is 3. The Balaban J connectivity index is 1.79. The number of nitrogens with zero attached hydrogens (tertiary/aromatic N) is 1. The van der Waals surface area contributed by atoms with Crippen LogP contribution < -0.4 is 0 Å². The molecule has 0 radical (unpaired) electrons. The van der Waals surface area contributed by atoms with Crippen LogP contribution in [-0.2, 0) is 16.0 Å². The third kappa shape index (κ3) is 5.86. The van der Waals surface area contributed by atoms with Crippen LogP contribution in [0, 0.1) is 0 Å². The van der Waals surface area contributed by atoms with E-state index in [4.69, 9.17) is 9.84 Å². The molecule has 4 nitrogen and oxygen atoms in total. The van der Waals surface area contributed by atoms with E-state index in [1.54, 1.807) is 0 Å². The fourth-order valence-electron chi connectivity index (χ4n) is 2.80. The van der Waals surface area contributed by atoms with E-state index in [0.29, 0.717) is 6.04 Å². The highest BCUT2D eigenvalue weighted by atomic mass is 16.5. The van der Waals surface area contributed by atoms with E-state index in [1.807, 2.05) is 6.07 Å². The number of rotatable bonds is 9. The van der Waals surface area contributed by atoms with Crippen molar-refractivity contribution >= 4 is 5.97 Å². The van der Waals surface area contributed by atoms with Crippen molar-refractivity contribution in [1.29, 1.82) is 0 Å². The van der Waals surface area contributed by atoms with Gasteiger partial charge in [-0.15, -0.1) is 0 Å². The Labute approximate surface area is 126 Å². The van der Waals surface area contributed by atoms with Crippen LogP contribution in [-0.4, -0.2) is 48.3 Å². The molecule has 1 aromatic carbocycles. The highest BCUT2D eigenvalue weighted by molar-refractivity contribution is 5.66. The summed E-state index contributed by atoms with van der Waals surface area (Å²) >= 11 is 0. The van der Waals surface area contributed by atoms with E-state index in [1.165, 1.54) is 5.56 Å². The molecule has 1 fully saturated rings. The molecular formula is C17H25NO3. The minimum Gasteiger partial charge on any atom is -0.481 e. The van der Waals surface area contributed by atoms with Crippen LogP contribution in [0.3, 0.4) is 0 Å². The molecule has 2 rings (SSSR count). The Bertz CT molecular complexity index is 415. The van der Waals surface area contributed by atoms with Gasteiger partial charge in [-0.1, -0.05) is 30.3 Å². The SMILES string of the molecule is O=C(O)CCCCN(CCc1ccccc1)C1CCOC1. The number of unbranched alkanes of at least 4 members (excludes halogenated alkanes) is 1. The van der Waals surface area contributed by atoms with Gasteiger partial charge in [-0.3, -0.25) is 9.69 Å². The first-order chi connectivity index (χ1) is 10.3. The van der Waals surface area contributed by atoms with Crippen molar-refractivity contribution < 1.29 is 14.6 Å². The minimum absolute atomic E-state index is 0.272. The van der Waals surface area contributed by atoms with Gasteiger partial charge in [0, 0.05) is 25.6 Å². The molecule has 0 aliphatic carbocycles. The van der Waals surface area contributed by atoms with Crippen molar-refractivity contribution in [2.24, 2.45) is 0 Å². The van der Waals surface area contributed by atoms with Crippen molar-refractivity contribution in [1.82, 2.24) is 4.90 Å². The molecule has 1 unspecified atom stereocenters. The molecule has 21 heavy (non-hydrogen) atoms. The maximum Gasteiger partial charge on any atom is 0.303 e. The summed E-state index contributed by atoms with van der Waals surface area (Å²) in [6, 6.07) is 11.0. The molecule has 4 heteroatoms. The van der Waals surface area contributed by atoms with E-state index in [2.05, 4.69) is 29.2 Å². The maximum atomic E-state index is 10.6. The summed E-state index contributed by atoms with van der Waals surface area (Å²) in [7, 11) is 0. The van der Waals surface area contributed by atoms with Gasteiger partial charge in [0.05, 0.1) is 6.61 Å². The minimum atomic E-state index is -0.699. The van der Waals surface area contributed by atoms with Gasteiger partial charge in [0.15, 0.2) is 0 Å². The molecule has 1 aromatic rings. The lowest BCUT2D eigenvalue weighted by atomic mass is 10.1. The van der Waals surface area contributed by atoms with Gasteiger partial charge in [0.25, 0.3) is 0 Å². The molecule has 1 aliphatic rings. The van der Waals surface area contributed by atoms with E-state index in [0.717, 1.165) is 52.0 Å². The molecule has 116 valence electrons. The predicted molar refractivity (Wildman–Crippen MR) is 82.4 cm³/mol. The Morgan fingerprint density at radius 3 is 2.71 bits per heavy atom. The van der Waals surface area contributed by atoms with Gasteiger partial charge in [-0.05, 0) is 37.8 Å². The number of benzene rings is 1. The molecular weight excluding hydrogens is 266 g/mol. The molecule has 1 saturated heterocycles. The summed E-state index contributed by atoms with van der Waals surface area (Å²) in [5, 5.41) is 8.71. The van der Waals surface area contributed by atoms with Crippen molar-refractivity contribution in [3.05, 3.63) is 35.9 Å². The highest BCUT2D eigenvalue weighted by Gasteiger charge is 2.22. The fourth-order valence-corrected chi connectivity index (χ4v) is 2.80. The Kier molecular flexibility index (Phi) is 6.70. The van der Waals surface area contributed by atoms with Crippen molar-refractivity contribution in [3.8, 4) is 0 Å². The molecule has 0 aromatic heterocycles. The first kappa shape index (κ1) is 16.0. The number of ether oxygens (including phenoxy) is 1. The van der Waals surface area contributed by atoms with Crippen molar-refractivity contribution in [3.63, 3.8) is 0 Å². The standard InChI is InChI=1S/C17H25NO3/c19-17(20)8-4-5-11-18(16-10-13-21-14-16)12-9-15-6-2-1-3-7-15/h1-3,6-7,16H,4-5,8-14H2,(H,19,20). The van der Waals surface area contributed by atoms with E-state index < -0.39 is 5.97 Å². The number of carboxylic acid groups (broad SMARTS) is 1. The van der Waals surface area contributed by atoms with Crippen LogP contribution in [0.1, 0.15) is 31.2 Å². The summed E-state index contributed by atoms with van der Waals surface area (Å²) in [4.78, 5) is 13.1. The van der Waals surface area contributed by atoms with E-state index >= 15 is 0 Å². The van der Waals surface area contributed by atoms with Gasteiger partial charge in [-0.25, -0.2) is 0 Å². The monoisotopic (exact) mass is 291 g/mol. The lowest BCUT2D eigenvalue weighted by molar-refractivity contribution is -0.137. The lowest BCUT2D eigenvalue weighted by Gasteiger charge is -2.27. The summed E-state index contributed by atoms with van der Waals surface area (Å²) in [6.45, 7) is 3.65. The summed E-state index contributed by atoms with van der Waals surface area (Å²) in [5.74, 6) is -0.699. The number of carboxylic acids is 1. The van der Waals surface area contributed by atoms with Crippen LogP contribution in [0.5, 0.6) is 0 Å². The number of carbonyl (C=O) groups is 1. The zero-order chi connectivity index (χ0) is 14.9. The zero-order valence-corrected chi connectivity index (χ0v) is 12.5. The second-order valence-corrected chi connectivity index (χ2v) is 5.64.